The Bertz CT molecular complexity index is 1260. The van der Waals surface area contributed by atoms with Crippen molar-refractivity contribution in [3.8, 4) is 0 Å². The molecule has 2 heterocycles. The van der Waals surface area contributed by atoms with Crippen molar-refractivity contribution in [1.29, 1.82) is 0 Å². The van der Waals surface area contributed by atoms with Crippen LogP contribution in [0.2, 0.25) is 0 Å². The number of piperidine rings is 1. The topological polar surface area (TPSA) is 145 Å². The second-order valence-electron chi connectivity index (χ2n) is 10.4. The number of carbonyl (C=O) groups is 5. The number of nitrogens with zero attached hydrogens (tertiary/aromatic N) is 1. The molecule has 212 valence electrons. The third-order valence-corrected chi connectivity index (χ3v) is 7.50. The standard InChI is InChI=1S/C30H36N4O6/c35-26-16-15-25(29(38)32-26)34-19-23-17-21(11-14-24(23)30(34)39)18-31-28(37)22-12-9-20(10-13-22)7-5-3-1-2-4-6-8-27(36)33-40/h9-14,17,25,40H,1-8,15-16,18-19H2,(H,31,37)(H,33,36)(H,32,35,38). The average molecular weight is 549 g/mol. The van der Waals surface area contributed by atoms with Crippen molar-refractivity contribution in [2.75, 3.05) is 0 Å². The molecule has 1 unspecified atom stereocenters. The number of amides is 5. The number of hydrogen-bond acceptors (Lipinski definition) is 6. The quantitative estimate of drug-likeness (QED) is 0.131. The molecule has 1 fully saturated rings. The zero-order valence-electron chi connectivity index (χ0n) is 22.5. The number of hydroxylamine groups is 1. The lowest BCUT2D eigenvalue weighted by atomic mass is 10.0. The Morgan fingerprint density at radius 2 is 1.62 bits per heavy atom. The van der Waals surface area contributed by atoms with Crippen molar-refractivity contribution in [2.45, 2.75) is 83.3 Å². The van der Waals surface area contributed by atoms with Crippen LogP contribution in [-0.4, -0.2) is 45.7 Å². The summed E-state index contributed by atoms with van der Waals surface area (Å²) in [5.74, 6) is -1.48. The summed E-state index contributed by atoms with van der Waals surface area (Å²) in [4.78, 5) is 61.7. The molecule has 0 bridgehead atoms. The molecule has 0 aliphatic carbocycles. The first kappa shape index (κ1) is 28.9. The molecule has 2 aromatic carbocycles. The van der Waals surface area contributed by atoms with Gasteiger partial charge in [-0.15, -0.1) is 0 Å². The smallest absolute Gasteiger partial charge is 0.255 e. The van der Waals surface area contributed by atoms with Gasteiger partial charge in [0.25, 0.3) is 11.8 Å². The highest BCUT2D eigenvalue weighted by Crippen LogP contribution is 2.28. The van der Waals surface area contributed by atoms with Crippen LogP contribution in [0.25, 0.3) is 0 Å². The summed E-state index contributed by atoms with van der Waals surface area (Å²) in [7, 11) is 0. The zero-order valence-corrected chi connectivity index (χ0v) is 22.5. The Morgan fingerprint density at radius 3 is 2.35 bits per heavy atom. The monoisotopic (exact) mass is 548 g/mol. The number of nitrogens with one attached hydrogen (secondary N) is 3. The van der Waals surface area contributed by atoms with Crippen LogP contribution in [0.5, 0.6) is 0 Å². The summed E-state index contributed by atoms with van der Waals surface area (Å²) in [6.45, 7) is 0.609. The maximum absolute atomic E-state index is 12.9. The normalized spacial score (nSPS) is 16.5. The number of hydrogen-bond donors (Lipinski definition) is 4. The molecule has 10 heteroatoms. The van der Waals surface area contributed by atoms with Gasteiger partial charge < -0.3 is 10.2 Å². The molecule has 1 saturated heterocycles. The Labute approximate surface area is 233 Å². The molecule has 0 radical (unpaired) electrons. The SMILES string of the molecule is O=C(CCCCCCCCc1ccc(C(=O)NCc2ccc3c(c2)CN(C2CCC(=O)NC2=O)C3=O)cc1)NO. The largest absolute Gasteiger partial charge is 0.348 e. The Hall–Kier alpha value is -4.05. The van der Waals surface area contributed by atoms with Crippen LogP contribution >= 0.6 is 0 Å². The minimum Gasteiger partial charge on any atom is -0.348 e. The molecular weight excluding hydrogens is 512 g/mol. The number of imide groups is 1. The van der Waals surface area contributed by atoms with Gasteiger partial charge >= 0.3 is 0 Å². The van der Waals surface area contributed by atoms with E-state index in [-0.39, 0.29) is 30.0 Å². The van der Waals surface area contributed by atoms with E-state index in [0.717, 1.165) is 56.1 Å². The van der Waals surface area contributed by atoms with Gasteiger partial charge in [0, 0.05) is 37.1 Å². The van der Waals surface area contributed by atoms with E-state index in [1.165, 1.54) is 10.5 Å². The van der Waals surface area contributed by atoms with Crippen LogP contribution < -0.4 is 16.1 Å². The van der Waals surface area contributed by atoms with Gasteiger partial charge in [-0.1, -0.05) is 49.9 Å². The lowest BCUT2D eigenvalue weighted by Gasteiger charge is -2.29. The third-order valence-electron chi connectivity index (χ3n) is 7.50. The average Bonchev–Trinajstić information content (AvgIpc) is 3.28. The van der Waals surface area contributed by atoms with Crippen LogP contribution in [0.1, 0.15) is 95.2 Å². The van der Waals surface area contributed by atoms with E-state index in [4.69, 9.17) is 5.21 Å². The third kappa shape index (κ3) is 7.53. The molecule has 2 aromatic rings. The number of unbranched alkanes of at least 4 members (excludes halogenated alkanes) is 5. The lowest BCUT2D eigenvalue weighted by molar-refractivity contribution is -0.137. The highest BCUT2D eigenvalue weighted by atomic mass is 16.5. The molecule has 2 aliphatic heterocycles. The number of benzene rings is 2. The van der Waals surface area contributed by atoms with Crippen LogP contribution in [0.3, 0.4) is 0 Å². The second kappa shape index (κ2) is 13.8. The highest BCUT2D eigenvalue weighted by Gasteiger charge is 2.39. The first-order valence-corrected chi connectivity index (χ1v) is 13.9. The van der Waals surface area contributed by atoms with E-state index in [1.54, 1.807) is 17.6 Å². The Kier molecular flexibility index (Phi) is 10.0. The molecule has 40 heavy (non-hydrogen) atoms. The minimum atomic E-state index is -0.650. The predicted molar refractivity (Wildman–Crippen MR) is 146 cm³/mol. The van der Waals surface area contributed by atoms with Crippen LogP contribution in [0.15, 0.2) is 42.5 Å². The van der Waals surface area contributed by atoms with Gasteiger partial charge in [-0.25, -0.2) is 5.48 Å². The van der Waals surface area contributed by atoms with Crippen molar-refractivity contribution in [1.82, 2.24) is 21.0 Å². The van der Waals surface area contributed by atoms with Gasteiger partial charge in [-0.2, -0.15) is 0 Å². The number of aryl methyl sites for hydroxylation is 1. The van der Waals surface area contributed by atoms with Crippen LogP contribution in [-0.2, 0) is 33.9 Å². The van der Waals surface area contributed by atoms with Gasteiger partial charge in [-0.3, -0.25) is 34.5 Å². The highest BCUT2D eigenvalue weighted by molar-refractivity contribution is 6.05. The number of carbonyl (C=O) groups excluding carboxylic acids is 5. The molecule has 0 saturated carbocycles. The maximum Gasteiger partial charge on any atom is 0.255 e. The fourth-order valence-corrected chi connectivity index (χ4v) is 5.22. The van der Waals surface area contributed by atoms with Gasteiger partial charge in [0.2, 0.25) is 17.7 Å². The van der Waals surface area contributed by atoms with E-state index in [0.29, 0.717) is 37.1 Å². The summed E-state index contributed by atoms with van der Waals surface area (Å²) in [6.07, 6.45) is 7.92. The fraction of sp³-hybridized carbons (Fsp3) is 0.433. The Balaban J connectivity index is 1.19. The maximum atomic E-state index is 12.9. The van der Waals surface area contributed by atoms with E-state index in [9.17, 15) is 24.0 Å². The molecule has 4 rings (SSSR count). The van der Waals surface area contributed by atoms with Crippen molar-refractivity contribution in [3.05, 3.63) is 70.3 Å². The van der Waals surface area contributed by atoms with Crippen molar-refractivity contribution >= 4 is 29.5 Å². The summed E-state index contributed by atoms with van der Waals surface area (Å²) in [5.41, 5.74) is 5.62. The van der Waals surface area contributed by atoms with Gasteiger partial charge in [0.15, 0.2) is 0 Å². The number of fused-ring (bicyclic) bond motifs is 1. The Morgan fingerprint density at radius 1 is 0.925 bits per heavy atom. The lowest BCUT2D eigenvalue weighted by Crippen LogP contribution is -2.52. The summed E-state index contributed by atoms with van der Waals surface area (Å²) < 4.78 is 0. The first-order valence-electron chi connectivity index (χ1n) is 13.9. The molecular formula is C30H36N4O6. The van der Waals surface area contributed by atoms with Gasteiger partial charge in [0.05, 0.1) is 0 Å². The molecule has 4 N–H and O–H groups in total. The molecule has 5 amide bonds. The van der Waals surface area contributed by atoms with Crippen LogP contribution in [0.4, 0.5) is 0 Å². The summed E-state index contributed by atoms with van der Waals surface area (Å²) in [6, 6.07) is 12.4. The van der Waals surface area contributed by atoms with Crippen molar-refractivity contribution < 1.29 is 29.2 Å². The van der Waals surface area contributed by atoms with E-state index < -0.39 is 11.9 Å². The second-order valence-corrected chi connectivity index (χ2v) is 10.4. The van der Waals surface area contributed by atoms with E-state index in [1.807, 2.05) is 30.3 Å². The van der Waals surface area contributed by atoms with Crippen LogP contribution in [0, 0.1) is 0 Å². The number of rotatable bonds is 13. The summed E-state index contributed by atoms with van der Waals surface area (Å²) in [5, 5.41) is 13.7. The molecule has 0 spiro atoms. The zero-order chi connectivity index (χ0) is 28.5. The molecule has 1 atom stereocenters. The summed E-state index contributed by atoms with van der Waals surface area (Å²) >= 11 is 0. The first-order chi connectivity index (χ1) is 19.4. The van der Waals surface area contributed by atoms with E-state index in [2.05, 4.69) is 10.6 Å². The van der Waals surface area contributed by atoms with Crippen molar-refractivity contribution in [2.24, 2.45) is 0 Å². The molecule has 2 aliphatic rings. The minimum absolute atomic E-state index is 0.178. The molecule has 10 nitrogen and oxygen atoms in total. The fourth-order valence-electron chi connectivity index (χ4n) is 5.22. The van der Waals surface area contributed by atoms with Gasteiger partial charge in [0.1, 0.15) is 6.04 Å². The predicted octanol–water partition coefficient (Wildman–Crippen LogP) is 3.16. The van der Waals surface area contributed by atoms with Crippen molar-refractivity contribution in [3.63, 3.8) is 0 Å². The van der Waals surface area contributed by atoms with Gasteiger partial charge in [-0.05, 0) is 60.6 Å². The van der Waals surface area contributed by atoms with E-state index >= 15 is 0 Å². The molecule has 0 aromatic heterocycles.